The van der Waals surface area contributed by atoms with Crippen molar-refractivity contribution in [3.63, 3.8) is 0 Å². The topological polar surface area (TPSA) is 72.5 Å². The summed E-state index contributed by atoms with van der Waals surface area (Å²) in [6.07, 6.45) is 1.87. The number of nitrogens with one attached hydrogen (secondary N) is 1. The van der Waals surface area contributed by atoms with Gasteiger partial charge in [-0.1, -0.05) is 18.2 Å². The molecule has 0 aromatic heterocycles. The Morgan fingerprint density at radius 1 is 1.14 bits per heavy atom. The van der Waals surface area contributed by atoms with Crippen LogP contribution in [0.1, 0.15) is 10.4 Å². The molecule has 0 amide bonds. The van der Waals surface area contributed by atoms with Crippen molar-refractivity contribution < 1.29 is 17.9 Å². The molecule has 0 radical (unpaired) electrons. The van der Waals surface area contributed by atoms with E-state index in [9.17, 15) is 13.2 Å². The van der Waals surface area contributed by atoms with Gasteiger partial charge in [0.1, 0.15) is 0 Å². The third-order valence-electron chi connectivity index (χ3n) is 2.92. The minimum absolute atomic E-state index is 0.00584. The number of carbonyl (C=O) groups excluding carboxylic acids is 1. The summed E-state index contributed by atoms with van der Waals surface area (Å²) in [6, 6.07) is 12.8. The maximum absolute atomic E-state index is 12.5. The number of thioether (sulfide) groups is 1. The van der Waals surface area contributed by atoms with Gasteiger partial charge in [-0.05, 0) is 36.6 Å². The Morgan fingerprint density at radius 2 is 1.86 bits per heavy atom. The lowest BCUT2D eigenvalue weighted by Crippen LogP contribution is -2.14. The SMILES string of the molecule is COC(=O)c1cccc(S(=O)(=O)Nc2ccccc2SC)c1. The van der Waals surface area contributed by atoms with Crippen molar-refractivity contribution in [2.24, 2.45) is 0 Å². The molecule has 0 fully saturated rings. The van der Waals surface area contributed by atoms with Crippen LogP contribution in [0.3, 0.4) is 0 Å². The Morgan fingerprint density at radius 3 is 2.55 bits per heavy atom. The molecular formula is C15H15NO4S2. The van der Waals surface area contributed by atoms with Crippen molar-refractivity contribution in [2.45, 2.75) is 9.79 Å². The number of methoxy groups -OCH3 is 1. The van der Waals surface area contributed by atoms with Gasteiger partial charge in [0.2, 0.25) is 0 Å². The van der Waals surface area contributed by atoms with Crippen molar-refractivity contribution in [1.82, 2.24) is 0 Å². The zero-order valence-electron chi connectivity index (χ0n) is 12.1. The first kappa shape index (κ1) is 16.4. The van der Waals surface area contributed by atoms with Crippen LogP contribution in [0.25, 0.3) is 0 Å². The fourth-order valence-corrected chi connectivity index (χ4v) is 3.58. The van der Waals surface area contributed by atoms with E-state index in [1.54, 1.807) is 12.1 Å². The molecule has 5 nitrogen and oxygen atoms in total. The maximum Gasteiger partial charge on any atom is 0.337 e. The van der Waals surface area contributed by atoms with Crippen LogP contribution < -0.4 is 4.72 Å². The number of hydrogen-bond donors (Lipinski definition) is 1. The van der Waals surface area contributed by atoms with Crippen molar-refractivity contribution in [1.29, 1.82) is 0 Å². The molecule has 0 bridgehead atoms. The minimum atomic E-state index is -3.78. The largest absolute Gasteiger partial charge is 0.465 e. The van der Waals surface area contributed by atoms with Gasteiger partial charge < -0.3 is 4.74 Å². The highest BCUT2D eigenvalue weighted by Gasteiger charge is 2.17. The normalized spacial score (nSPS) is 11.0. The van der Waals surface area contributed by atoms with E-state index in [0.29, 0.717) is 5.69 Å². The van der Waals surface area contributed by atoms with Gasteiger partial charge in [-0.2, -0.15) is 0 Å². The van der Waals surface area contributed by atoms with Gasteiger partial charge in [-0.15, -0.1) is 11.8 Å². The molecule has 0 aliphatic rings. The van der Waals surface area contributed by atoms with Crippen molar-refractivity contribution in [3.05, 3.63) is 54.1 Å². The summed E-state index contributed by atoms with van der Waals surface area (Å²) >= 11 is 1.44. The van der Waals surface area contributed by atoms with Crippen molar-refractivity contribution >= 4 is 33.4 Å². The summed E-state index contributed by atoms with van der Waals surface area (Å²) in [5.41, 5.74) is 0.682. The molecule has 1 N–H and O–H groups in total. The van der Waals surface area contributed by atoms with Gasteiger partial charge in [0.25, 0.3) is 10.0 Å². The molecule has 7 heteroatoms. The number of sulfonamides is 1. The monoisotopic (exact) mass is 337 g/mol. The molecule has 0 aliphatic heterocycles. The van der Waals surface area contributed by atoms with Crippen LogP contribution in [0.5, 0.6) is 0 Å². The Labute approximate surface area is 133 Å². The van der Waals surface area contributed by atoms with Gasteiger partial charge in [0.05, 0.1) is 23.3 Å². The van der Waals surface area contributed by atoms with E-state index < -0.39 is 16.0 Å². The molecule has 22 heavy (non-hydrogen) atoms. The standard InChI is InChI=1S/C15H15NO4S2/c1-20-15(17)11-6-5-7-12(10-11)22(18,19)16-13-8-3-4-9-14(13)21-2/h3-10,16H,1-2H3. The Balaban J connectivity index is 2.37. The third kappa shape index (κ3) is 3.61. The summed E-state index contributed by atoms with van der Waals surface area (Å²) in [7, 11) is -2.53. The van der Waals surface area contributed by atoms with E-state index in [1.165, 1.54) is 43.1 Å². The van der Waals surface area contributed by atoms with Gasteiger partial charge in [0.15, 0.2) is 0 Å². The average molecular weight is 337 g/mol. The van der Waals surface area contributed by atoms with Crippen LogP contribution >= 0.6 is 11.8 Å². The Hall–Kier alpha value is -1.99. The second-order valence-electron chi connectivity index (χ2n) is 4.33. The second-order valence-corrected chi connectivity index (χ2v) is 6.86. The van der Waals surface area contributed by atoms with E-state index in [-0.39, 0.29) is 10.5 Å². The fourth-order valence-electron chi connectivity index (χ4n) is 1.84. The molecule has 0 unspecified atom stereocenters. The number of benzene rings is 2. The number of hydrogen-bond acceptors (Lipinski definition) is 5. The van der Waals surface area contributed by atoms with Gasteiger partial charge in [-0.3, -0.25) is 4.72 Å². The number of para-hydroxylation sites is 1. The number of anilines is 1. The van der Waals surface area contributed by atoms with Crippen LogP contribution in [0.15, 0.2) is 58.3 Å². The second kappa shape index (κ2) is 6.85. The highest BCUT2D eigenvalue weighted by Crippen LogP contribution is 2.27. The molecule has 0 heterocycles. The van der Waals surface area contributed by atoms with E-state index in [1.807, 2.05) is 18.4 Å². The third-order valence-corrected chi connectivity index (χ3v) is 5.08. The molecule has 0 spiro atoms. The summed E-state index contributed by atoms with van der Waals surface area (Å²) in [6.45, 7) is 0. The zero-order valence-corrected chi connectivity index (χ0v) is 13.7. The minimum Gasteiger partial charge on any atom is -0.465 e. The van der Waals surface area contributed by atoms with E-state index in [2.05, 4.69) is 9.46 Å². The number of rotatable bonds is 5. The summed E-state index contributed by atoms with van der Waals surface area (Å²) in [5, 5.41) is 0. The molecule has 0 atom stereocenters. The average Bonchev–Trinajstić information content (AvgIpc) is 2.54. The first-order chi connectivity index (χ1) is 10.5. The first-order valence-electron chi connectivity index (χ1n) is 6.32. The van der Waals surface area contributed by atoms with Gasteiger partial charge >= 0.3 is 5.97 Å². The lowest BCUT2D eigenvalue weighted by Gasteiger charge is -2.11. The predicted octanol–water partition coefficient (Wildman–Crippen LogP) is 3.00. The van der Waals surface area contributed by atoms with E-state index >= 15 is 0 Å². The summed E-state index contributed by atoms with van der Waals surface area (Å²) < 4.78 is 32.1. The highest BCUT2D eigenvalue weighted by atomic mass is 32.2. The predicted molar refractivity (Wildman–Crippen MR) is 86.8 cm³/mol. The maximum atomic E-state index is 12.5. The fraction of sp³-hybridized carbons (Fsp3) is 0.133. The molecule has 2 aromatic carbocycles. The lowest BCUT2D eigenvalue weighted by molar-refractivity contribution is 0.0600. The van der Waals surface area contributed by atoms with Crippen LogP contribution in [0.2, 0.25) is 0 Å². The Bertz CT molecular complexity index is 788. The first-order valence-corrected chi connectivity index (χ1v) is 9.03. The lowest BCUT2D eigenvalue weighted by atomic mass is 10.2. The van der Waals surface area contributed by atoms with E-state index in [4.69, 9.17) is 0 Å². The smallest absolute Gasteiger partial charge is 0.337 e. The molecule has 0 aliphatic carbocycles. The number of esters is 1. The molecule has 116 valence electrons. The van der Waals surface area contributed by atoms with Crippen LogP contribution in [0, 0.1) is 0 Å². The van der Waals surface area contributed by atoms with Gasteiger partial charge in [-0.25, -0.2) is 13.2 Å². The number of carbonyl (C=O) groups is 1. The van der Waals surface area contributed by atoms with Crippen molar-refractivity contribution in [2.75, 3.05) is 18.1 Å². The molecule has 2 rings (SSSR count). The molecule has 0 saturated carbocycles. The highest BCUT2D eigenvalue weighted by molar-refractivity contribution is 7.99. The number of ether oxygens (including phenoxy) is 1. The molecule has 0 saturated heterocycles. The van der Waals surface area contributed by atoms with Gasteiger partial charge in [0, 0.05) is 4.90 Å². The zero-order chi connectivity index (χ0) is 16.2. The summed E-state index contributed by atoms with van der Waals surface area (Å²) in [5.74, 6) is -0.582. The summed E-state index contributed by atoms with van der Waals surface area (Å²) in [4.78, 5) is 12.3. The van der Waals surface area contributed by atoms with Crippen LogP contribution in [0.4, 0.5) is 5.69 Å². The van der Waals surface area contributed by atoms with E-state index in [0.717, 1.165) is 4.90 Å². The quantitative estimate of drug-likeness (QED) is 0.671. The molecular weight excluding hydrogens is 322 g/mol. The Kier molecular flexibility index (Phi) is 5.10. The van der Waals surface area contributed by atoms with Crippen LogP contribution in [-0.4, -0.2) is 27.8 Å². The van der Waals surface area contributed by atoms with Crippen LogP contribution in [-0.2, 0) is 14.8 Å². The van der Waals surface area contributed by atoms with Crippen molar-refractivity contribution in [3.8, 4) is 0 Å². The molecule has 2 aromatic rings.